The Morgan fingerprint density at radius 1 is 1.30 bits per heavy atom. The molecule has 0 radical (unpaired) electrons. The number of carbonyl (C=O) groups excluding carboxylic acids is 2. The van der Waals surface area contributed by atoms with E-state index >= 15 is 0 Å². The molecule has 1 aromatic carbocycles. The quantitative estimate of drug-likeness (QED) is 0.848. The molecule has 1 fully saturated rings. The highest BCUT2D eigenvalue weighted by atomic mass is 19.1. The van der Waals surface area contributed by atoms with Crippen LogP contribution in [0.5, 0.6) is 0 Å². The minimum Gasteiger partial charge on any atom is -0.389 e. The van der Waals surface area contributed by atoms with Crippen LogP contribution in [0.2, 0.25) is 0 Å². The van der Waals surface area contributed by atoms with Crippen molar-refractivity contribution in [2.75, 3.05) is 26.2 Å². The summed E-state index contributed by atoms with van der Waals surface area (Å²) in [6.45, 7) is 4.63. The molecule has 1 unspecified atom stereocenters. The first kappa shape index (κ1) is 17.2. The van der Waals surface area contributed by atoms with Crippen molar-refractivity contribution in [3.63, 3.8) is 0 Å². The van der Waals surface area contributed by atoms with E-state index in [4.69, 9.17) is 0 Å². The fraction of sp³-hybridized carbons (Fsp3) is 0.500. The van der Waals surface area contributed by atoms with E-state index in [1.165, 1.54) is 28.9 Å². The number of hydrogen-bond donors (Lipinski definition) is 2. The second-order valence-corrected chi connectivity index (χ2v) is 5.79. The number of rotatable bonds is 2. The van der Waals surface area contributed by atoms with Crippen molar-refractivity contribution in [1.29, 1.82) is 0 Å². The summed E-state index contributed by atoms with van der Waals surface area (Å²) >= 11 is 0. The van der Waals surface area contributed by atoms with Crippen LogP contribution in [0.15, 0.2) is 18.2 Å². The second kappa shape index (κ2) is 7.41. The van der Waals surface area contributed by atoms with Crippen molar-refractivity contribution in [2.24, 2.45) is 0 Å². The summed E-state index contributed by atoms with van der Waals surface area (Å²) in [5.41, 5.74) is 1.60. The maximum Gasteiger partial charge on any atom is 0.317 e. The van der Waals surface area contributed by atoms with Crippen LogP contribution >= 0.6 is 0 Å². The van der Waals surface area contributed by atoms with Crippen LogP contribution in [0.4, 0.5) is 9.18 Å². The molecular weight excluding hydrogens is 301 g/mol. The van der Waals surface area contributed by atoms with Gasteiger partial charge in [0.15, 0.2) is 0 Å². The minimum atomic E-state index is -0.775. The highest BCUT2D eigenvalue weighted by Crippen LogP contribution is 2.10. The zero-order valence-electron chi connectivity index (χ0n) is 13.4. The maximum atomic E-state index is 13.3. The van der Waals surface area contributed by atoms with E-state index in [9.17, 15) is 19.1 Å². The number of halogens is 1. The SMILES string of the molecule is CC(=O)N1CCN(C(=O)NCc2cc(F)ccc2C)CC(O)C1. The number of nitrogens with one attached hydrogen (secondary N) is 1. The first-order valence-corrected chi connectivity index (χ1v) is 7.58. The number of amides is 3. The number of nitrogens with zero attached hydrogens (tertiary/aromatic N) is 2. The normalized spacial score (nSPS) is 18.5. The van der Waals surface area contributed by atoms with Gasteiger partial charge in [0.2, 0.25) is 5.91 Å². The van der Waals surface area contributed by atoms with Gasteiger partial charge in [0.25, 0.3) is 0 Å². The lowest BCUT2D eigenvalue weighted by Gasteiger charge is -2.22. The average Bonchev–Trinajstić information content (AvgIpc) is 2.70. The van der Waals surface area contributed by atoms with Gasteiger partial charge in [0.1, 0.15) is 5.82 Å². The molecule has 2 rings (SSSR count). The molecule has 1 aromatic rings. The molecule has 0 aromatic heterocycles. The number of hydrogen-bond acceptors (Lipinski definition) is 3. The van der Waals surface area contributed by atoms with E-state index < -0.39 is 6.10 Å². The molecule has 1 aliphatic heterocycles. The summed E-state index contributed by atoms with van der Waals surface area (Å²) in [6, 6.07) is 4.10. The lowest BCUT2D eigenvalue weighted by Crippen LogP contribution is -2.43. The summed E-state index contributed by atoms with van der Waals surface area (Å²) < 4.78 is 13.3. The largest absolute Gasteiger partial charge is 0.389 e. The van der Waals surface area contributed by atoms with E-state index in [2.05, 4.69) is 5.32 Å². The summed E-state index contributed by atoms with van der Waals surface area (Å²) in [5.74, 6) is -0.469. The standard InChI is InChI=1S/C16H22FN3O3/c1-11-3-4-14(17)7-13(11)8-18-16(23)20-6-5-19(12(2)21)9-15(22)10-20/h3-4,7,15,22H,5-6,8-10H2,1-2H3,(H,18,23). The molecule has 1 atom stereocenters. The molecule has 0 saturated carbocycles. The first-order chi connectivity index (χ1) is 10.9. The number of aryl methyl sites for hydroxylation is 1. The third-order valence-corrected chi connectivity index (χ3v) is 3.98. The third-order valence-electron chi connectivity index (χ3n) is 3.98. The Labute approximate surface area is 134 Å². The second-order valence-electron chi connectivity index (χ2n) is 5.79. The number of aliphatic hydroxyl groups is 1. The van der Waals surface area contributed by atoms with Gasteiger partial charge in [-0.1, -0.05) is 6.07 Å². The summed E-state index contributed by atoms with van der Waals surface area (Å²) in [7, 11) is 0. The Balaban J connectivity index is 1.95. The van der Waals surface area contributed by atoms with Gasteiger partial charge in [0, 0.05) is 33.1 Å². The van der Waals surface area contributed by atoms with Crippen molar-refractivity contribution >= 4 is 11.9 Å². The predicted octanol–water partition coefficient (Wildman–Crippen LogP) is 0.869. The Bertz CT molecular complexity index is 594. The molecule has 7 heteroatoms. The van der Waals surface area contributed by atoms with Crippen molar-refractivity contribution in [2.45, 2.75) is 26.5 Å². The van der Waals surface area contributed by atoms with Gasteiger partial charge >= 0.3 is 6.03 Å². The van der Waals surface area contributed by atoms with Crippen LogP contribution in [0.25, 0.3) is 0 Å². The van der Waals surface area contributed by atoms with E-state index in [1.807, 2.05) is 6.92 Å². The molecule has 126 valence electrons. The average molecular weight is 323 g/mol. The summed E-state index contributed by atoms with van der Waals surface area (Å²) in [6.07, 6.45) is -0.775. The van der Waals surface area contributed by atoms with Gasteiger partial charge in [-0.05, 0) is 30.2 Å². The molecule has 0 spiro atoms. The van der Waals surface area contributed by atoms with E-state index in [0.717, 1.165) is 5.56 Å². The van der Waals surface area contributed by atoms with Crippen LogP contribution in [0.1, 0.15) is 18.1 Å². The number of β-amino-alcohol motifs (C(OH)–C–C–N with tert-alkyl or cyclic N) is 1. The van der Waals surface area contributed by atoms with Crippen LogP contribution in [0, 0.1) is 12.7 Å². The van der Waals surface area contributed by atoms with Crippen molar-refractivity contribution in [3.05, 3.63) is 35.1 Å². The predicted molar refractivity (Wildman–Crippen MR) is 83.2 cm³/mol. The van der Waals surface area contributed by atoms with Gasteiger partial charge < -0.3 is 20.2 Å². The molecule has 23 heavy (non-hydrogen) atoms. The lowest BCUT2D eigenvalue weighted by molar-refractivity contribution is -0.129. The van der Waals surface area contributed by atoms with Gasteiger partial charge in [0.05, 0.1) is 12.6 Å². The monoisotopic (exact) mass is 323 g/mol. The van der Waals surface area contributed by atoms with Crippen LogP contribution in [-0.2, 0) is 11.3 Å². The van der Waals surface area contributed by atoms with Gasteiger partial charge in [-0.2, -0.15) is 0 Å². The Kier molecular flexibility index (Phi) is 5.54. The number of benzene rings is 1. The smallest absolute Gasteiger partial charge is 0.317 e. The zero-order chi connectivity index (χ0) is 17.0. The highest BCUT2D eigenvalue weighted by molar-refractivity contribution is 5.75. The molecule has 2 N–H and O–H groups in total. The van der Waals surface area contributed by atoms with Gasteiger partial charge in [-0.15, -0.1) is 0 Å². The van der Waals surface area contributed by atoms with Gasteiger partial charge in [-0.25, -0.2) is 9.18 Å². The lowest BCUT2D eigenvalue weighted by atomic mass is 10.1. The third kappa shape index (κ3) is 4.66. The van der Waals surface area contributed by atoms with Crippen LogP contribution in [0.3, 0.4) is 0 Å². The summed E-state index contributed by atoms with van der Waals surface area (Å²) in [4.78, 5) is 26.7. The molecule has 0 aliphatic carbocycles. The van der Waals surface area contributed by atoms with E-state index in [1.54, 1.807) is 6.07 Å². The minimum absolute atomic E-state index is 0.123. The van der Waals surface area contributed by atoms with Crippen LogP contribution < -0.4 is 5.32 Å². The number of aliphatic hydroxyl groups excluding tert-OH is 1. The number of urea groups is 1. The van der Waals surface area contributed by atoms with Crippen molar-refractivity contribution in [1.82, 2.24) is 15.1 Å². The summed E-state index contributed by atoms with van der Waals surface area (Å²) in [5, 5.41) is 12.7. The molecule has 3 amide bonds. The Morgan fingerprint density at radius 2 is 1.96 bits per heavy atom. The first-order valence-electron chi connectivity index (χ1n) is 7.58. The highest BCUT2D eigenvalue weighted by Gasteiger charge is 2.25. The Morgan fingerprint density at radius 3 is 2.65 bits per heavy atom. The molecule has 0 bridgehead atoms. The Hall–Kier alpha value is -2.15. The zero-order valence-corrected chi connectivity index (χ0v) is 13.4. The van der Waals surface area contributed by atoms with Gasteiger partial charge in [-0.3, -0.25) is 4.79 Å². The van der Waals surface area contributed by atoms with Crippen molar-refractivity contribution < 1.29 is 19.1 Å². The molecule has 1 saturated heterocycles. The van der Waals surface area contributed by atoms with E-state index in [-0.39, 0.29) is 37.4 Å². The van der Waals surface area contributed by atoms with E-state index in [0.29, 0.717) is 18.7 Å². The maximum absolute atomic E-state index is 13.3. The van der Waals surface area contributed by atoms with Crippen molar-refractivity contribution in [3.8, 4) is 0 Å². The molecule has 6 nitrogen and oxygen atoms in total. The van der Waals surface area contributed by atoms with Crippen LogP contribution in [-0.4, -0.2) is 59.1 Å². The topological polar surface area (TPSA) is 72.9 Å². The molecular formula is C16H22FN3O3. The fourth-order valence-corrected chi connectivity index (χ4v) is 2.57. The molecule has 1 heterocycles. The molecule has 1 aliphatic rings. The number of carbonyl (C=O) groups is 2. The fourth-order valence-electron chi connectivity index (χ4n) is 2.57.